The van der Waals surface area contributed by atoms with Crippen LogP contribution < -0.4 is 0 Å². The highest BCUT2D eigenvalue weighted by Gasteiger charge is 2.55. The van der Waals surface area contributed by atoms with Gasteiger partial charge in [0.15, 0.2) is 0 Å². The molecule has 0 aromatic rings. The zero-order valence-electron chi connectivity index (χ0n) is 22.2. The molecule has 0 bridgehead atoms. The first-order valence-electron chi connectivity index (χ1n) is 12.5. The SMILES string of the molecule is C#CC.CC.CO.COCOC[C@H]1CC[C@@H]2C(CC[C@@H]3[C@@H](C)CCC[C@@]23C)[C@@H]1OCOC. The van der Waals surface area contributed by atoms with Crippen LogP contribution in [0.3, 0.4) is 0 Å². The van der Waals surface area contributed by atoms with Crippen molar-refractivity contribution in [2.45, 2.75) is 85.7 Å². The van der Waals surface area contributed by atoms with Crippen molar-refractivity contribution < 1.29 is 24.1 Å². The molecular weight excluding hydrogens is 404 g/mol. The lowest BCUT2D eigenvalue weighted by atomic mass is 9.47. The van der Waals surface area contributed by atoms with E-state index in [1.807, 2.05) is 13.8 Å². The van der Waals surface area contributed by atoms with Crippen molar-refractivity contribution in [2.24, 2.45) is 35.0 Å². The summed E-state index contributed by atoms with van der Waals surface area (Å²) in [4.78, 5) is 0. The Morgan fingerprint density at radius 2 is 1.56 bits per heavy atom. The highest BCUT2D eigenvalue weighted by molar-refractivity contribution is 5.04. The molecular formula is C27H52O5. The number of terminal acetylenes is 1. The molecule has 0 aromatic carbocycles. The third-order valence-corrected chi connectivity index (χ3v) is 7.73. The first-order valence-corrected chi connectivity index (χ1v) is 12.5. The second kappa shape index (κ2) is 17.8. The van der Waals surface area contributed by atoms with Crippen molar-refractivity contribution in [3.8, 4) is 12.3 Å². The molecule has 0 amide bonds. The summed E-state index contributed by atoms with van der Waals surface area (Å²) >= 11 is 0. The summed E-state index contributed by atoms with van der Waals surface area (Å²) in [6.45, 7) is 12.2. The lowest BCUT2D eigenvalue weighted by molar-refractivity contribution is -0.190. The van der Waals surface area contributed by atoms with E-state index in [1.165, 1.54) is 44.9 Å². The van der Waals surface area contributed by atoms with Gasteiger partial charge in [-0.2, -0.15) is 0 Å². The van der Waals surface area contributed by atoms with Crippen molar-refractivity contribution in [1.29, 1.82) is 0 Å². The fourth-order valence-corrected chi connectivity index (χ4v) is 6.69. The zero-order valence-corrected chi connectivity index (χ0v) is 22.2. The first-order chi connectivity index (χ1) is 15.5. The van der Waals surface area contributed by atoms with Gasteiger partial charge in [-0.15, -0.1) is 12.3 Å². The van der Waals surface area contributed by atoms with E-state index < -0.39 is 0 Å². The largest absolute Gasteiger partial charge is 0.400 e. The van der Waals surface area contributed by atoms with Crippen molar-refractivity contribution >= 4 is 0 Å². The second-order valence-electron chi connectivity index (χ2n) is 9.27. The van der Waals surface area contributed by atoms with E-state index in [4.69, 9.17) is 24.1 Å². The zero-order chi connectivity index (χ0) is 24.6. The van der Waals surface area contributed by atoms with Gasteiger partial charge in [-0.05, 0) is 68.1 Å². The van der Waals surface area contributed by atoms with Gasteiger partial charge in [0, 0.05) is 27.2 Å². The van der Waals surface area contributed by atoms with Crippen molar-refractivity contribution in [1.82, 2.24) is 0 Å². The summed E-state index contributed by atoms with van der Waals surface area (Å²) in [5, 5.41) is 7.00. The molecule has 5 heteroatoms. The Labute approximate surface area is 198 Å². The molecule has 7 atom stereocenters. The standard InChI is InChI=1S/C21H38O4.C3H4.C2H6.CH4O/c1-15-6-5-11-21(2)18(15)10-8-17-19(21)9-7-16(12-24-13-22-3)20(17)25-14-23-4;1-3-2;2*1-2/h15-20H,5-14H2,1-4H3;1H,2H3;1-2H3;2H,1H3/t15-,16+,17?,18+,19+,20+,21+;;;/m0.../s1. The Morgan fingerprint density at radius 3 is 2.16 bits per heavy atom. The fraction of sp³-hybridized carbons (Fsp3) is 0.926. The molecule has 5 nitrogen and oxygen atoms in total. The molecule has 3 aliphatic rings. The number of aliphatic hydroxyl groups is 1. The highest BCUT2D eigenvalue weighted by atomic mass is 16.7. The smallest absolute Gasteiger partial charge is 0.146 e. The minimum absolute atomic E-state index is 0.269. The van der Waals surface area contributed by atoms with Gasteiger partial charge in [0.1, 0.15) is 13.6 Å². The lowest BCUT2D eigenvalue weighted by Gasteiger charge is -2.59. The Hall–Kier alpha value is -0.640. The number of rotatable bonds is 7. The summed E-state index contributed by atoms with van der Waals surface area (Å²) in [5.74, 6) is 5.97. The Balaban J connectivity index is 0.00000124. The van der Waals surface area contributed by atoms with Crippen LogP contribution in [0.5, 0.6) is 0 Å². The van der Waals surface area contributed by atoms with Gasteiger partial charge >= 0.3 is 0 Å². The topological polar surface area (TPSA) is 57.2 Å². The van der Waals surface area contributed by atoms with E-state index in [2.05, 4.69) is 26.2 Å². The Morgan fingerprint density at radius 1 is 0.969 bits per heavy atom. The van der Waals surface area contributed by atoms with Crippen molar-refractivity contribution in [3.05, 3.63) is 0 Å². The Kier molecular flexibility index (Phi) is 17.4. The van der Waals surface area contributed by atoms with Gasteiger partial charge in [-0.25, -0.2) is 0 Å². The van der Waals surface area contributed by atoms with E-state index in [9.17, 15) is 0 Å². The molecule has 0 radical (unpaired) electrons. The molecule has 1 N–H and O–H groups in total. The van der Waals surface area contributed by atoms with E-state index in [0.717, 1.165) is 31.5 Å². The molecule has 32 heavy (non-hydrogen) atoms. The van der Waals surface area contributed by atoms with Gasteiger partial charge in [0.05, 0.1) is 12.7 Å². The number of methoxy groups -OCH3 is 2. The Bertz CT molecular complexity index is 491. The molecule has 3 saturated carbocycles. The van der Waals surface area contributed by atoms with Crippen molar-refractivity contribution in [3.63, 3.8) is 0 Å². The molecule has 0 saturated heterocycles. The predicted octanol–water partition coefficient (Wildman–Crippen LogP) is 5.75. The first kappa shape index (κ1) is 31.4. The van der Waals surface area contributed by atoms with Gasteiger partial charge in [0.2, 0.25) is 0 Å². The summed E-state index contributed by atoms with van der Waals surface area (Å²) in [6.07, 6.45) is 14.3. The molecule has 3 aliphatic carbocycles. The normalized spacial score (nSPS) is 35.1. The van der Waals surface area contributed by atoms with Crippen LogP contribution in [0.15, 0.2) is 0 Å². The second-order valence-corrected chi connectivity index (χ2v) is 9.27. The number of hydrogen-bond donors (Lipinski definition) is 1. The number of fused-ring (bicyclic) bond motifs is 3. The van der Waals surface area contributed by atoms with Gasteiger partial charge < -0.3 is 24.1 Å². The van der Waals surface area contributed by atoms with Crippen molar-refractivity contribution in [2.75, 3.05) is 41.5 Å². The minimum Gasteiger partial charge on any atom is -0.400 e. The predicted molar refractivity (Wildman–Crippen MR) is 132 cm³/mol. The average molecular weight is 457 g/mol. The maximum absolute atomic E-state index is 7.00. The van der Waals surface area contributed by atoms with Crippen LogP contribution in [0, 0.1) is 47.3 Å². The summed E-state index contributed by atoms with van der Waals surface area (Å²) in [5.41, 5.74) is 0.508. The summed E-state index contributed by atoms with van der Waals surface area (Å²) < 4.78 is 22.3. The van der Waals surface area contributed by atoms with E-state index in [0.29, 0.717) is 30.8 Å². The van der Waals surface area contributed by atoms with E-state index in [-0.39, 0.29) is 6.10 Å². The fourth-order valence-electron chi connectivity index (χ4n) is 6.69. The van der Waals surface area contributed by atoms with Crippen LogP contribution in [0.25, 0.3) is 0 Å². The number of hydrogen-bond acceptors (Lipinski definition) is 5. The monoisotopic (exact) mass is 456 g/mol. The van der Waals surface area contributed by atoms with Crippen LogP contribution >= 0.6 is 0 Å². The summed E-state index contributed by atoms with van der Waals surface area (Å²) in [6, 6.07) is 0. The lowest BCUT2D eigenvalue weighted by Crippen LogP contribution is -2.55. The molecule has 3 rings (SSSR count). The molecule has 190 valence electrons. The van der Waals surface area contributed by atoms with Crippen LogP contribution in [-0.2, 0) is 18.9 Å². The average Bonchev–Trinajstić information content (AvgIpc) is 2.81. The third-order valence-electron chi connectivity index (χ3n) is 7.73. The van der Waals surface area contributed by atoms with Crippen LogP contribution in [0.4, 0.5) is 0 Å². The molecule has 3 fully saturated rings. The number of ether oxygens (including phenoxy) is 4. The maximum Gasteiger partial charge on any atom is 0.146 e. The molecule has 1 unspecified atom stereocenters. The molecule has 0 spiro atoms. The van der Waals surface area contributed by atoms with E-state index >= 15 is 0 Å². The quantitative estimate of drug-likeness (QED) is 0.300. The van der Waals surface area contributed by atoms with Crippen LogP contribution in [-0.4, -0.2) is 52.7 Å². The molecule has 0 aromatic heterocycles. The van der Waals surface area contributed by atoms with E-state index in [1.54, 1.807) is 21.1 Å². The van der Waals surface area contributed by atoms with Crippen LogP contribution in [0.2, 0.25) is 0 Å². The van der Waals surface area contributed by atoms with Gasteiger partial charge in [-0.1, -0.05) is 40.5 Å². The third kappa shape index (κ3) is 8.29. The highest BCUT2D eigenvalue weighted by Crippen LogP contribution is 2.61. The van der Waals surface area contributed by atoms with Gasteiger partial charge in [-0.3, -0.25) is 0 Å². The van der Waals surface area contributed by atoms with Gasteiger partial charge in [0.25, 0.3) is 0 Å². The molecule has 0 aliphatic heterocycles. The maximum atomic E-state index is 7.00. The molecule has 0 heterocycles. The summed E-state index contributed by atoms with van der Waals surface area (Å²) in [7, 11) is 4.40. The number of aliphatic hydroxyl groups excluding tert-OH is 1. The minimum atomic E-state index is 0.269. The van der Waals surface area contributed by atoms with Crippen LogP contribution in [0.1, 0.15) is 79.6 Å².